The van der Waals surface area contributed by atoms with E-state index in [0.29, 0.717) is 22.4 Å². The maximum Gasteiger partial charge on any atom is 0.374 e. The van der Waals surface area contributed by atoms with Crippen molar-refractivity contribution in [2.45, 2.75) is 13.5 Å². The second-order valence-corrected chi connectivity index (χ2v) is 6.10. The Hall–Kier alpha value is -3.67. The Morgan fingerprint density at radius 1 is 1.07 bits per heavy atom. The number of para-hydroxylation sites is 1. The van der Waals surface area contributed by atoms with Gasteiger partial charge in [0.1, 0.15) is 17.9 Å². The molecule has 134 valence electrons. The van der Waals surface area contributed by atoms with Crippen LogP contribution in [-0.2, 0) is 11.3 Å². The van der Waals surface area contributed by atoms with Gasteiger partial charge in [-0.15, -0.1) is 0 Å². The van der Waals surface area contributed by atoms with Crippen LogP contribution in [0.15, 0.2) is 74.4 Å². The highest BCUT2D eigenvalue weighted by Gasteiger charge is 2.15. The van der Waals surface area contributed by atoms with Gasteiger partial charge in [0, 0.05) is 17.7 Å². The van der Waals surface area contributed by atoms with Gasteiger partial charge in [0.15, 0.2) is 11.2 Å². The minimum absolute atomic E-state index is 0.0925. The SMILES string of the molecule is Cc1ccc(-c2cc(COC(=O)c3cc(=O)c4ccccc4o3)no2)cc1. The Morgan fingerprint density at radius 2 is 1.85 bits per heavy atom. The van der Waals surface area contributed by atoms with Gasteiger partial charge < -0.3 is 13.7 Å². The number of nitrogens with zero attached hydrogens (tertiary/aromatic N) is 1. The van der Waals surface area contributed by atoms with Crippen molar-refractivity contribution in [3.8, 4) is 11.3 Å². The van der Waals surface area contributed by atoms with Crippen molar-refractivity contribution in [1.82, 2.24) is 5.16 Å². The number of benzene rings is 2. The van der Waals surface area contributed by atoms with E-state index in [-0.39, 0.29) is 17.8 Å². The zero-order valence-electron chi connectivity index (χ0n) is 14.5. The van der Waals surface area contributed by atoms with Crippen LogP contribution in [0.3, 0.4) is 0 Å². The van der Waals surface area contributed by atoms with Crippen LogP contribution in [0.1, 0.15) is 21.8 Å². The number of ether oxygens (including phenoxy) is 1. The fourth-order valence-corrected chi connectivity index (χ4v) is 2.65. The Labute approximate surface area is 154 Å². The van der Waals surface area contributed by atoms with Crippen molar-refractivity contribution in [3.05, 3.63) is 87.9 Å². The number of hydrogen-bond donors (Lipinski definition) is 0. The van der Waals surface area contributed by atoms with Crippen molar-refractivity contribution >= 4 is 16.9 Å². The number of hydrogen-bond acceptors (Lipinski definition) is 6. The van der Waals surface area contributed by atoms with E-state index in [0.717, 1.165) is 17.2 Å². The minimum atomic E-state index is -0.738. The highest BCUT2D eigenvalue weighted by atomic mass is 16.5. The lowest BCUT2D eigenvalue weighted by Crippen LogP contribution is -2.10. The summed E-state index contributed by atoms with van der Waals surface area (Å²) in [6.07, 6.45) is 0. The number of esters is 1. The molecular weight excluding hydrogens is 346 g/mol. The Balaban J connectivity index is 1.48. The molecule has 0 N–H and O–H groups in total. The normalized spacial score (nSPS) is 10.9. The number of carbonyl (C=O) groups excluding carboxylic acids is 1. The lowest BCUT2D eigenvalue weighted by molar-refractivity contribution is 0.0428. The predicted octanol–water partition coefficient (Wildman–Crippen LogP) is 4.11. The summed E-state index contributed by atoms with van der Waals surface area (Å²) < 4.78 is 15.9. The largest absolute Gasteiger partial charge is 0.453 e. The van der Waals surface area contributed by atoms with Gasteiger partial charge in [0.2, 0.25) is 5.76 Å². The summed E-state index contributed by atoms with van der Waals surface area (Å²) in [7, 11) is 0. The average molecular weight is 361 g/mol. The van der Waals surface area contributed by atoms with Crippen LogP contribution in [0.25, 0.3) is 22.3 Å². The molecule has 2 aromatic carbocycles. The lowest BCUT2D eigenvalue weighted by atomic mass is 10.1. The molecule has 0 saturated carbocycles. The van der Waals surface area contributed by atoms with Gasteiger partial charge in [-0.25, -0.2) is 4.79 Å². The molecule has 0 spiro atoms. The molecule has 0 amide bonds. The van der Waals surface area contributed by atoms with Crippen molar-refractivity contribution in [1.29, 1.82) is 0 Å². The van der Waals surface area contributed by atoms with Crippen molar-refractivity contribution in [2.75, 3.05) is 0 Å². The van der Waals surface area contributed by atoms with Crippen molar-refractivity contribution < 1.29 is 18.5 Å². The van der Waals surface area contributed by atoms with Crippen LogP contribution in [0.4, 0.5) is 0 Å². The van der Waals surface area contributed by atoms with Crippen molar-refractivity contribution in [2.24, 2.45) is 0 Å². The third-order valence-corrected chi connectivity index (χ3v) is 4.08. The molecule has 0 fully saturated rings. The first kappa shape index (κ1) is 16.8. The van der Waals surface area contributed by atoms with Crippen LogP contribution in [0.2, 0.25) is 0 Å². The smallest absolute Gasteiger partial charge is 0.374 e. The number of aryl methyl sites for hydroxylation is 1. The summed E-state index contributed by atoms with van der Waals surface area (Å²) in [5.41, 5.74) is 2.52. The van der Waals surface area contributed by atoms with Crippen LogP contribution in [0.5, 0.6) is 0 Å². The first-order valence-electron chi connectivity index (χ1n) is 8.33. The first-order chi connectivity index (χ1) is 13.1. The van der Waals surface area contributed by atoms with Crippen molar-refractivity contribution in [3.63, 3.8) is 0 Å². The van der Waals surface area contributed by atoms with Gasteiger partial charge in [0.25, 0.3) is 0 Å². The van der Waals surface area contributed by atoms with Crippen LogP contribution < -0.4 is 5.43 Å². The van der Waals surface area contributed by atoms with E-state index in [9.17, 15) is 9.59 Å². The standard InChI is InChI=1S/C21H15NO5/c1-13-6-8-14(9-7-13)19-10-15(22-27-19)12-25-21(24)20-11-17(23)16-4-2-3-5-18(16)26-20/h2-11H,12H2,1H3. The molecule has 6 nitrogen and oxygen atoms in total. The van der Waals surface area contributed by atoms with Gasteiger partial charge in [-0.2, -0.15) is 0 Å². The molecule has 27 heavy (non-hydrogen) atoms. The second-order valence-electron chi connectivity index (χ2n) is 6.10. The lowest BCUT2D eigenvalue weighted by Gasteiger charge is -2.03. The molecule has 2 aromatic heterocycles. The zero-order chi connectivity index (χ0) is 18.8. The molecule has 4 aromatic rings. The highest BCUT2D eigenvalue weighted by Crippen LogP contribution is 2.21. The van der Waals surface area contributed by atoms with Gasteiger partial charge in [-0.3, -0.25) is 4.79 Å². The Kier molecular flexibility index (Phi) is 4.30. The third-order valence-electron chi connectivity index (χ3n) is 4.08. The molecule has 0 atom stereocenters. The molecule has 0 bridgehead atoms. The highest BCUT2D eigenvalue weighted by molar-refractivity contribution is 5.88. The summed E-state index contributed by atoms with van der Waals surface area (Å²) >= 11 is 0. The summed E-state index contributed by atoms with van der Waals surface area (Å²) in [5.74, 6) is -0.308. The Bertz CT molecular complexity index is 1170. The maximum absolute atomic E-state index is 12.2. The fourth-order valence-electron chi connectivity index (χ4n) is 2.65. The molecule has 2 heterocycles. The zero-order valence-corrected chi connectivity index (χ0v) is 14.5. The Morgan fingerprint density at radius 3 is 2.67 bits per heavy atom. The molecular formula is C21H15NO5. The molecule has 0 aliphatic rings. The molecule has 6 heteroatoms. The minimum Gasteiger partial charge on any atom is -0.453 e. The first-order valence-corrected chi connectivity index (χ1v) is 8.33. The van der Waals surface area contributed by atoms with E-state index >= 15 is 0 Å². The maximum atomic E-state index is 12.2. The van der Waals surface area contributed by atoms with E-state index in [1.807, 2.05) is 31.2 Å². The molecule has 0 radical (unpaired) electrons. The van der Waals surface area contributed by atoms with Gasteiger partial charge >= 0.3 is 5.97 Å². The average Bonchev–Trinajstić information content (AvgIpc) is 3.15. The summed E-state index contributed by atoms with van der Waals surface area (Å²) in [4.78, 5) is 24.3. The molecule has 0 unspecified atom stereocenters. The van der Waals surface area contributed by atoms with Crippen LogP contribution in [-0.4, -0.2) is 11.1 Å². The van der Waals surface area contributed by atoms with Crippen LogP contribution >= 0.6 is 0 Å². The van der Waals surface area contributed by atoms with E-state index in [4.69, 9.17) is 13.7 Å². The topological polar surface area (TPSA) is 82.5 Å². The van der Waals surface area contributed by atoms with E-state index < -0.39 is 5.97 Å². The van der Waals surface area contributed by atoms with Gasteiger partial charge in [-0.05, 0) is 19.1 Å². The molecule has 4 rings (SSSR count). The summed E-state index contributed by atoms with van der Waals surface area (Å²) in [6, 6.07) is 17.3. The fraction of sp³-hybridized carbons (Fsp3) is 0.0952. The number of fused-ring (bicyclic) bond motifs is 1. The molecule has 0 aliphatic heterocycles. The van der Waals surface area contributed by atoms with Crippen LogP contribution in [0, 0.1) is 6.92 Å². The van der Waals surface area contributed by atoms with E-state index in [2.05, 4.69) is 5.16 Å². The molecule has 0 saturated heterocycles. The second kappa shape index (κ2) is 6.92. The monoisotopic (exact) mass is 361 g/mol. The summed E-state index contributed by atoms with van der Waals surface area (Å²) in [6.45, 7) is 1.91. The van der Waals surface area contributed by atoms with Gasteiger partial charge in [-0.1, -0.05) is 47.1 Å². The third kappa shape index (κ3) is 3.50. The number of aromatic nitrogens is 1. The predicted molar refractivity (Wildman–Crippen MR) is 98.3 cm³/mol. The number of rotatable bonds is 4. The number of carbonyl (C=O) groups is 1. The quantitative estimate of drug-likeness (QED) is 0.509. The summed E-state index contributed by atoms with van der Waals surface area (Å²) in [5, 5.41) is 4.31. The van der Waals surface area contributed by atoms with E-state index in [1.54, 1.807) is 30.3 Å². The molecule has 0 aliphatic carbocycles. The van der Waals surface area contributed by atoms with E-state index in [1.165, 1.54) is 0 Å². The van der Waals surface area contributed by atoms with Gasteiger partial charge in [0.05, 0.1) is 5.39 Å².